The number of fused-ring (bicyclic) bond motifs is 2. The van der Waals surface area contributed by atoms with Crippen LogP contribution in [0.1, 0.15) is 85.0 Å². The summed E-state index contributed by atoms with van der Waals surface area (Å²) < 4.78 is 0. The molecule has 0 fully saturated rings. The Morgan fingerprint density at radius 3 is 1.89 bits per heavy atom. The summed E-state index contributed by atoms with van der Waals surface area (Å²) in [4.78, 5) is 17.1. The van der Waals surface area contributed by atoms with Crippen molar-refractivity contribution in [3.63, 3.8) is 0 Å². The molecule has 0 saturated carbocycles. The molecule has 5 aromatic rings. The number of nitrogens with zero attached hydrogens (tertiary/aromatic N) is 2. The first-order valence-corrected chi connectivity index (χ1v) is 13.9. The topological polar surface area (TPSA) is 57.4 Å². The Kier molecular flexibility index (Phi) is 6.70. The lowest BCUT2D eigenvalue weighted by molar-refractivity contribution is 0.394. The molecule has 0 radical (unpaired) electrons. The predicted molar refractivity (Wildman–Crippen MR) is 157 cm³/mol. The van der Waals surface area contributed by atoms with Crippen LogP contribution in [-0.2, 0) is 10.8 Å². The van der Waals surface area contributed by atoms with Crippen molar-refractivity contribution in [3.05, 3.63) is 72.1 Å². The minimum atomic E-state index is 0.0855. The monoisotopic (exact) mass is 492 g/mol. The second kappa shape index (κ2) is 9.81. The molecular weight excluding hydrogens is 452 g/mol. The van der Waals surface area contributed by atoms with E-state index in [1.165, 1.54) is 16.7 Å². The van der Waals surface area contributed by atoms with Crippen molar-refractivity contribution in [1.82, 2.24) is 19.9 Å². The molecule has 2 N–H and O–H groups in total. The van der Waals surface area contributed by atoms with Crippen molar-refractivity contribution < 1.29 is 0 Å². The predicted octanol–water partition coefficient (Wildman–Crippen LogP) is 9.32. The molecule has 37 heavy (non-hydrogen) atoms. The van der Waals surface area contributed by atoms with E-state index in [0.717, 1.165) is 71.4 Å². The molecular formula is C33H40N4. The highest BCUT2D eigenvalue weighted by Crippen LogP contribution is 2.35. The zero-order chi connectivity index (χ0) is 26.2. The molecule has 1 unspecified atom stereocenters. The average Bonchev–Trinajstić information content (AvgIpc) is 3.56. The van der Waals surface area contributed by atoms with Crippen LogP contribution in [0.15, 0.2) is 60.7 Å². The van der Waals surface area contributed by atoms with Crippen LogP contribution in [0, 0.1) is 0 Å². The maximum atomic E-state index is 4.96. The third-order valence-corrected chi connectivity index (χ3v) is 8.84. The molecule has 0 bridgehead atoms. The molecule has 0 amide bonds. The SMILES string of the molecule is CCCC(C)(CC)c1nc2ccc(-c3ccc4nc(-c5cccc(C(C)(CC)CC)c5)[nH]c4c3)cc2[nH]1. The van der Waals surface area contributed by atoms with Crippen LogP contribution in [0.2, 0.25) is 0 Å². The van der Waals surface area contributed by atoms with E-state index in [1.807, 2.05) is 0 Å². The summed E-state index contributed by atoms with van der Waals surface area (Å²) in [6.07, 6.45) is 5.60. The van der Waals surface area contributed by atoms with E-state index >= 15 is 0 Å². The Morgan fingerprint density at radius 2 is 1.27 bits per heavy atom. The second-order valence-electron chi connectivity index (χ2n) is 11.1. The van der Waals surface area contributed by atoms with Crippen molar-refractivity contribution in [1.29, 1.82) is 0 Å². The molecule has 4 heteroatoms. The Hall–Kier alpha value is -3.40. The Bertz CT molecular complexity index is 1530. The van der Waals surface area contributed by atoms with E-state index in [-0.39, 0.29) is 10.8 Å². The summed E-state index contributed by atoms with van der Waals surface area (Å²) in [5.41, 5.74) is 9.31. The Morgan fingerprint density at radius 1 is 0.649 bits per heavy atom. The molecule has 0 saturated heterocycles. The molecule has 1 atom stereocenters. The van der Waals surface area contributed by atoms with E-state index in [0.29, 0.717) is 0 Å². The molecule has 192 valence electrons. The van der Waals surface area contributed by atoms with Crippen molar-refractivity contribution in [2.45, 2.75) is 84.5 Å². The molecule has 0 spiro atoms. The van der Waals surface area contributed by atoms with Crippen molar-refractivity contribution in [3.8, 4) is 22.5 Å². The van der Waals surface area contributed by atoms with E-state index < -0.39 is 0 Å². The molecule has 2 heterocycles. The molecule has 3 aromatic carbocycles. The van der Waals surface area contributed by atoms with Crippen molar-refractivity contribution in [2.24, 2.45) is 0 Å². The van der Waals surface area contributed by atoms with Gasteiger partial charge in [-0.1, -0.05) is 78.3 Å². The molecule has 5 rings (SSSR count). The first-order valence-electron chi connectivity index (χ1n) is 13.9. The fourth-order valence-electron chi connectivity index (χ4n) is 5.52. The number of rotatable bonds is 9. The highest BCUT2D eigenvalue weighted by atomic mass is 14.9. The van der Waals surface area contributed by atoms with Gasteiger partial charge in [-0.2, -0.15) is 0 Å². The van der Waals surface area contributed by atoms with Gasteiger partial charge in [0.05, 0.1) is 22.1 Å². The summed E-state index contributed by atoms with van der Waals surface area (Å²) in [5.74, 6) is 2.02. The van der Waals surface area contributed by atoms with E-state index in [9.17, 15) is 0 Å². The van der Waals surface area contributed by atoms with Crippen molar-refractivity contribution in [2.75, 3.05) is 0 Å². The van der Waals surface area contributed by atoms with Gasteiger partial charge in [0.2, 0.25) is 0 Å². The second-order valence-corrected chi connectivity index (χ2v) is 11.1. The van der Waals surface area contributed by atoms with Crippen LogP contribution in [0.4, 0.5) is 0 Å². The van der Waals surface area contributed by atoms with Crippen LogP contribution >= 0.6 is 0 Å². The summed E-state index contributed by atoms with van der Waals surface area (Å²) in [7, 11) is 0. The number of aromatic nitrogens is 4. The summed E-state index contributed by atoms with van der Waals surface area (Å²) >= 11 is 0. The number of benzene rings is 3. The highest BCUT2D eigenvalue weighted by molar-refractivity contribution is 5.87. The fraction of sp³-hybridized carbons (Fsp3) is 0.394. The van der Waals surface area contributed by atoms with Gasteiger partial charge in [0.15, 0.2) is 0 Å². The zero-order valence-electron chi connectivity index (χ0n) is 23.2. The van der Waals surface area contributed by atoms with Gasteiger partial charge in [-0.15, -0.1) is 0 Å². The van der Waals surface area contributed by atoms with E-state index in [2.05, 4.69) is 112 Å². The third kappa shape index (κ3) is 4.58. The van der Waals surface area contributed by atoms with Gasteiger partial charge in [0.25, 0.3) is 0 Å². The Balaban J connectivity index is 1.49. The summed E-state index contributed by atoms with van der Waals surface area (Å²) in [5, 5.41) is 0. The van der Waals surface area contributed by atoms with Gasteiger partial charge < -0.3 is 9.97 Å². The molecule has 0 aliphatic rings. The van der Waals surface area contributed by atoms with Crippen LogP contribution in [-0.4, -0.2) is 19.9 Å². The molecule has 0 aliphatic carbocycles. The van der Waals surface area contributed by atoms with E-state index in [1.54, 1.807) is 0 Å². The first kappa shape index (κ1) is 25.3. The van der Waals surface area contributed by atoms with Crippen LogP contribution < -0.4 is 0 Å². The van der Waals surface area contributed by atoms with Gasteiger partial charge in [-0.05, 0) is 78.1 Å². The minimum absolute atomic E-state index is 0.0855. The van der Waals surface area contributed by atoms with Crippen molar-refractivity contribution >= 4 is 22.1 Å². The number of hydrogen-bond donors (Lipinski definition) is 2. The highest BCUT2D eigenvalue weighted by Gasteiger charge is 2.27. The third-order valence-electron chi connectivity index (χ3n) is 8.84. The lowest BCUT2D eigenvalue weighted by Crippen LogP contribution is -2.22. The van der Waals surface area contributed by atoms with Gasteiger partial charge >= 0.3 is 0 Å². The quantitative estimate of drug-likeness (QED) is 0.215. The van der Waals surface area contributed by atoms with Crippen LogP contribution in [0.25, 0.3) is 44.6 Å². The zero-order valence-corrected chi connectivity index (χ0v) is 23.2. The first-order chi connectivity index (χ1) is 17.8. The largest absolute Gasteiger partial charge is 0.341 e. The number of H-pyrrole nitrogens is 2. The van der Waals surface area contributed by atoms with Gasteiger partial charge in [-0.25, -0.2) is 9.97 Å². The van der Waals surface area contributed by atoms with E-state index in [4.69, 9.17) is 9.97 Å². The fourth-order valence-corrected chi connectivity index (χ4v) is 5.52. The average molecular weight is 493 g/mol. The normalized spacial score (nSPS) is 13.9. The van der Waals surface area contributed by atoms with Crippen LogP contribution in [0.3, 0.4) is 0 Å². The van der Waals surface area contributed by atoms with Gasteiger partial charge in [0, 0.05) is 11.0 Å². The molecule has 4 nitrogen and oxygen atoms in total. The maximum Gasteiger partial charge on any atom is 0.138 e. The lowest BCUT2D eigenvalue weighted by atomic mass is 9.77. The number of imidazole rings is 2. The minimum Gasteiger partial charge on any atom is -0.341 e. The molecule has 2 aromatic heterocycles. The van der Waals surface area contributed by atoms with Crippen LogP contribution in [0.5, 0.6) is 0 Å². The number of nitrogens with one attached hydrogen (secondary N) is 2. The number of aromatic amines is 2. The summed E-state index contributed by atoms with van der Waals surface area (Å²) in [6.45, 7) is 13.7. The lowest BCUT2D eigenvalue weighted by Gasteiger charge is -2.27. The summed E-state index contributed by atoms with van der Waals surface area (Å²) in [6, 6.07) is 21.9. The van der Waals surface area contributed by atoms with Gasteiger partial charge in [-0.3, -0.25) is 0 Å². The Labute approximate surface area is 221 Å². The molecule has 0 aliphatic heterocycles. The maximum absolute atomic E-state index is 4.96. The smallest absolute Gasteiger partial charge is 0.138 e. The number of hydrogen-bond acceptors (Lipinski definition) is 2. The van der Waals surface area contributed by atoms with Gasteiger partial charge in [0.1, 0.15) is 11.6 Å². The standard InChI is InChI=1S/C33H40N4/c1-7-18-33(6,10-4)31-36-27-17-15-23(21-29(27)37-31)22-14-16-26-28(20-22)35-30(34-26)24-12-11-13-25(19-24)32(5,8-2)9-3/h11-17,19-21H,7-10,18H2,1-6H3,(H,34,35)(H,36,37).